The maximum absolute atomic E-state index is 8.65. The monoisotopic (exact) mass is 328 g/mol. The van der Waals surface area contributed by atoms with Crippen molar-refractivity contribution in [2.24, 2.45) is 17.9 Å². The van der Waals surface area contributed by atoms with Crippen LogP contribution >= 0.6 is 23.2 Å². The van der Waals surface area contributed by atoms with Crippen LogP contribution in [-0.4, -0.2) is 20.8 Å². The Morgan fingerprint density at radius 1 is 1.48 bits per heavy atom. The number of ether oxygens (including phenoxy) is 1. The lowest BCUT2D eigenvalue weighted by Crippen LogP contribution is -2.13. The summed E-state index contributed by atoms with van der Waals surface area (Å²) in [6.45, 7) is 2.09. The molecule has 112 valence electrons. The van der Waals surface area contributed by atoms with Gasteiger partial charge in [0, 0.05) is 12.6 Å². The van der Waals surface area contributed by atoms with Gasteiger partial charge in [0.2, 0.25) is 0 Å². The molecule has 0 unspecified atom stereocenters. The van der Waals surface area contributed by atoms with E-state index < -0.39 is 0 Å². The summed E-state index contributed by atoms with van der Waals surface area (Å²) in [5, 5.41) is 16.7. The van der Waals surface area contributed by atoms with Crippen molar-refractivity contribution >= 4 is 29.0 Å². The van der Waals surface area contributed by atoms with Crippen molar-refractivity contribution < 1.29 is 9.94 Å². The van der Waals surface area contributed by atoms with Crippen LogP contribution in [0.25, 0.3) is 0 Å². The highest BCUT2D eigenvalue weighted by Crippen LogP contribution is 2.25. The first-order valence-corrected chi connectivity index (χ1v) is 6.77. The van der Waals surface area contributed by atoms with E-state index in [1.54, 1.807) is 29.9 Å². The molecule has 6 nitrogen and oxygen atoms in total. The quantitative estimate of drug-likeness (QED) is 0.391. The van der Waals surface area contributed by atoms with Gasteiger partial charge in [0.1, 0.15) is 12.4 Å². The molecule has 2 rings (SSSR count). The summed E-state index contributed by atoms with van der Waals surface area (Å²) in [5.41, 5.74) is 7.45. The van der Waals surface area contributed by atoms with Crippen LogP contribution in [0.4, 0.5) is 0 Å². The Hall–Kier alpha value is -1.92. The fourth-order valence-electron chi connectivity index (χ4n) is 1.84. The molecule has 0 spiro atoms. The van der Waals surface area contributed by atoms with Crippen LogP contribution in [0.15, 0.2) is 23.4 Å². The first-order valence-electron chi connectivity index (χ1n) is 6.02. The van der Waals surface area contributed by atoms with Gasteiger partial charge in [-0.3, -0.25) is 4.68 Å². The SMILES string of the molecule is Cc1nn(C)c(COc2ccc(/C(N)=N/O)c(Cl)c2)c1Cl. The molecule has 1 aromatic heterocycles. The second kappa shape index (κ2) is 6.24. The van der Waals surface area contributed by atoms with Gasteiger partial charge in [0.25, 0.3) is 0 Å². The second-order valence-corrected chi connectivity index (χ2v) is 5.17. The van der Waals surface area contributed by atoms with Gasteiger partial charge in [-0.05, 0) is 25.1 Å². The van der Waals surface area contributed by atoms with Gasteiger partial charge < -0.3 is 15.7 Å². The summed E-state index contributed by atoms with van der Waals surface area (Å²) >= 11 is 12.2. The number of aryl methyl sites for hydroxylation is 2. The third kappa shape index (κ3) is 3.22. The smallest absolute Gasteiger partial charge is 0.171 e. The van der Waals surface area contributed by atoms with Gasteiger partial charge >= 0.3 is 0 Å². The third-order valence-corrected chi connectivity index (χ3v) is 3.77. The van der Waals surface area contributed by atoms with Crippen molar-refractivity contribution in [1.29, 1.82) is 0 Å². The van der Waals surface area contributed by atoms with E-state index in [0.717, 1.165) is 11.4 Å². The van der Waals surface area contributed by atoms with Crippen LogP contribution in [0.3, 0.4) is 0 Å². The van der Waals surface area contributed by atoms with E-state index >= 15 is 0 Å². The van der Waals surface area contributed by atoms with Crippen molar-refractivity contribution in [2.75, 3.05) is 0 Å². The minimum absolute atomic E-state index is 0.0585. The molecule has 0 saturated heterocycles. The van der Waals surface area contributed by atoms with Gasteiger partial charge in [-0.1, -0.05) is 28.4 Å². The first kappa shape index (κ1) is 15.5. The maximum atomic E-state index is 8.65. The zero-order valence-corrected chi connectivity index (χ0v) is 13.0. The molecule has 0 bridgehead atoms. The predicted octanol–water partition coefficient (Wildman–Crippen LogP) is 2.71. The Kier molecular flexibility index (Phi) is 4.59. The summed E-state index contributed by atoms with van der Waals surface area (Å²) in [4.78, 5) is 0. The Balaban J connectivity index is 2.16. The van der Waals surface area contributed by atoms with E-state index in [1.807, 2.05) is 6.92 Å². The summed E-state index contributed by atoms with van der Waals surface area (Å²) in [7, 11) is 1.80. The predicted molar refractivity (Wildman–Crippen MR) is 81.2 cm³/mol. The van der Waals surface area contributed by atoms with E-state index in [4.69, 9.17) is 38.9 Å². The summed E-state index contributed by atoms with van der Waals surface area (Å²) in [6.07, 6.45) is 0. The average molecular weight is 329 g/mol. The number of rotatable bonds is 4. The number of oxime groups is 1. The molecule has 0 fully saturated rings. The highest BCUT2D eigenvalue weighted by molar-refractivity contribution is 6.34. The number of hydrogen-bond acceptors (Lipinski definition) is 4. The highest BCUT2D eigenvalue weighted by Gasteiger charge is 2.12. The lowest BCUT2D eigenvalue weighted by atomic mass is 10.2. The number of benzene rings is 1. The molecular weight excluding hydrogens is 315 g/mol. The topological polar surface area (TPSA) is 85.7 Å². The molecular formula is C13H14Cl2N4O2. The number of hydrogen-bond donors (Lipinski definition) is 2. The average Bonchev–Trinajstić information content (AvgIpc) is 2.69. The summed E-state index contributed by atoms with van der Waals surface area (Å²) in [5.74, 6) is 0.487. The van der Waals surface area contributed by atoms with Crippen LogP contribution < -0.4 is 10.5 Å². The molecule has 2 aromatic rings. The molecule has 8 heteroatoms. The van der Waals surface area contributed by atoms with Gasteiger partial charge in [-0.2, -0.15) is 5.10 Å². The van der Waals surface area contributed by atoms with Crippen LogP contribution in [0, 0.1) is 6.92 Å². The molecule has 1 heterocycles. The van der Waals surface area contributed by atoms with Crippen molar-refractivity contribution in [1.82, 2.24) is 9.78 Å². The molecule has 0 aliphatic carbocycles. The van der Waals surface area contributed by atoms with Gasteiger partial charge in [-0.25, -0.2) is 0 Å². The number of nitrogens with two attached hydrogens (primary N) is 1. The number of nitrogens with zero attached hydrogens (tertiary/aromatic N) is 3. The van der Waals surface area contributed by atoms with E-state index in [-0.39, 0.29) is 12.4 Å². The number of aromatic nitrogens is 2. The van der Waals surface area contributed by atoms with Crippen LogP contribution in [0.2, 0.25) is 10.0 Å². The van der Waals surface area contributed by atoms with E-state index in [9.17, 15) is 0 Å². The molecule has 0 saturated carbocycles. The van der Waals surface area contributed by atoms with Crippen molar-refractivity contribution in [3.05, 3.63) is 45.2 Å². The highest BCUT2D eigenvalue weighted by atomic mass is 35.5. The van der Waals surface area contributed by atoms with Crippen LogP contribution in [-0.2, 0) is 13.7 Å². The van der Waals surface area contributed by atoms with Gasteiger partial charge in [-0.15, -0.1) is 0 Å². The molecule has 0 aliphatic rings. The summed E-state index contributed by atoms with van der Waals surface area (Å²) < 4.78 is 7.31. The van der Waals surface area contributed by atoms with E-state index in [2.05, 4.69) is 10.3 Å². The maximum Gasteiger partial charge on any atom is 0.171 e. The van der Waals surface area contributed by atoms with E-state index in [0.29, 0.717) is 21.4 Å². The molecule has 0 amide bonds. The Labute approximate surface area is 131 Å². The zero-order valence-electron chi connectivity index (χ0n) is 11.5. The minimum Gasteiger partial charge on any atom is -0.487 e. The van der Waals surface area contributed by atoms with Gasteiger partial charge in [0.05, 0.1) is 21.4 Å². The zero-order chi connectivity index (χ0) is 15.6. The Bertz CT molecular complexity index is 698. The third-order valence-electron chi connectivity index (χ3n) is 2.96. The molecule has 3 N–H and O–H groups in total. The van der Waals surface area contributed by atoms with Crippen molar-refractivity contribution in [3.63, 3.8) is 0 Å². The second-order valence-electron chi connectivity index (χ2n) is 4.39. The normalized spacial score (nSPS) is 11.7. The lowest BCUT2D eigenvalue weighted by molar-refractivity contribution is 0.295. The number of halogens is 2. The van der Waals surface area contributed by atoms with Crippen molar-refractivity contribution in [2.45, 2.75) is 13.5 Å². The standard InChI is InChI=1S/C13H14Cl2N4O2/c1-7-12(15)11(19(2)17-7)6-21-8-3-4-9(10(14)5-8)13(16)18-20/h3-5,20H,6H2,1-2H3,(H2,16,18). The molecule has 0 aliphatic heterocycles. The minimum atomic E-state index is -0.0585. The fraction of sp³-hybridized carbons (Fsp3) is 0.231. The van der Waals surface area contributed by atoms with Crippen molar-refractivity contribution in [3.8, 4) is 5.75 Å². The van der Waals surface area contributed by atoms with Crippen LogP contribution in [0.5, 0.6) is 5.75 Å². The molecule has 0 radical (unpaired) electrons. The fourth-order valence-corrected chi connectivity index (χ4v) is 2.32. The van der Waals surface area contributed by atoms with E-state index in [1.165, 1.54) is 0 Å². The summed E-state index contributed by atoms with van der Waals surface area (Å²) in [6, 6.07) is 4.88. The Morgan fingerprint density at radius 2 is 2.19 bits per heavy atom. The Morgan fingerprint density at radius 3 is 2.71 bits per heavy atom. The van der Waals surface area contributed by atoms with Gasteiger partial charge in [0.15, 0.2) is 5.84 Å². The molecule has 1 aromatic carbocycles. The number of amidine groups is 1. The lowest BCUT2D eigenvalue weighted by Gasteiger charge is -2.09. The first-order chi connectivity index (χ1) is 9.93. The molecule has 0 atom stereocenters. The molecule has 21 heavy (non-hydrogen) atoms. The van der Waals surface area contributed by atoms with Crippen LogP contribution in [0.1, 0.15) is 17.0 Å². The largest absolute Gasteiger partial charge is 0.487 e.